The first-order chi connectivity index (χ1) is 6.13. The lowest BCUT2D eigenvalue weighted by molar-refractivity contribution is 0.904. The van der Waals surface area contributed by atoms with Gasteiger partial charge in [0.15, 0.2) is 5.96 Å². The van der Waals surface area contributed by atoms with Crippen LogP contribution in [-0.4, -0.2) is 18.0 Å². The van der Waals surface area contributed by atoms with Crippen LogP contribution in [0.2, 0.25) is 0 Å². The molecule has 1 aromatic heterocycles. The van der Waals surface area contributed by atoms with Gasteiger partial charge in [0.2, 0.25) is 0 Å². The average Bonchev–Trinajstić information content (AvgIpc) is 2.41. The maximum Gasteiger partial charge on any atom is 0.188 e. The van der Waals surface area contributed by atoms with Crippen molar-refractivity contribution in [1.82, 2.24) is 10.3 Å². The number of nitrogens with zero attached hydrogens (tertiary/aromatic N) is 2. The standard InChI is InChI=1S/C8H14N4S/c1-5-7(13-6(2)12-5)4-11-8(9)10-3/h4H2,1-3H3,(H3,9,10,11). The van der Waals surface area contributed by atoms with E-state index in [-0.39, 0.29) is 0 Å². The van der Waals surface area contributed by atoms with Crippen LogP contribution in [0, 0.1) is 13.8 Å². The Morgan fingerprint density at radius 1 is 1.62 bits per heavy atom. The third-order valence-electron chi connectivity index (χ3n) is 1.67. The third kappa shape index (κ3) is 2.69. The fourth-order valence-corrected chi connectivity index (χ4v) is 1.86. The average molecular weight is 198 g/mol. The molecule has 3 N–H and O–H groups in total. The molecule has 0 aliphatic carbocycles. The van der Waals surface area contributed by atoms with E-state index in [1.165, 1.54) is 4.88 Å². The minimum atomic E-state index is 0.463. The number of rotatable bonds is 2. The van der Waals surface area contributed by atoms with E-state index >= 15 is 0 Å². The van der Waals surface area contributed by atoms with Gasteiger partial charge in [-0.05, 0) is 13.8 Å². The monoisotopic (exact) mass is 198 g/mol. The molecule has 72 valence electrons. The number of aromatic nitrogens is 1. The van der Waals surface area contributed by atoms with Gasteiger partial charge in [-0.15, -0.1) is 11.3 Å². The van der Waals surface area contributed by atoms with Crippen LogP contribution in [-0.2, 0) is 6.54 Å². The fourth-order valence-electron chi connectivity index (χ4n) is 0.987. The molecule has 0 amide bonds. The largest absolute Gasteiger partial charge is 0.370 e. The first-order valence-corrected chi connectivity index (χ1v) is 4.84. The Bertz CT molecular complexity index is 316. The van der Waals surface area contributed by atoms with E-state index in [0.717, 1.165) is 10.7 Å². The zero-order chi connectivity index (χ0) is 9.84. The van der Waals surface area contributed by atoms with Gasteiger partial charge < -0.3 is 11.1 Å². The van der Waals surface area contributed by atoms with Crippen LogP contribution in [0.15, 0.2) is 4.99 Å². The molecule has 0 unspecified atom stereocenters. The summed E-state index contributed by atoms with van der Waals surface area (Å²) < 4.78 is 0. The van der Waals surface area contributed by atoms with Crippen LogP contribution >= 0.6 is 11.3 Å². The highest BCUT2D eigenvalue weighted by atomic mass is 32.1. The Labute approximate surface area is 81.9 Å². The van der Waals surface area contributed by atoms with E-state index in [9.17, 15) is 0 Å². The topological polar surface area (TPSA) is 63.3 Å². The van der Waals surface area contributed by atoms with Crippen LogP contribution < -0.4 is 11.1 Å². The molecule has 1 rings (SSSR count). The Balaban J connectivity index is 2.59. The van der Waals surface area contributed by atoms with Gasteiger partial charge in [0.1, 0.15) is 0 Å². The van der Waals surface area contributed by atoms with E-state index in [1.807, 2.05) is 13.8 Å². The van der Waals surface area contributed by atoms with Gasteiger partial charge in [-0.2, -0.15) is 0 Å². The maximum absolute atomic E-state index is 5.50. The van der Waals surface area contributed by atoms with Crippen LogP contribution in [0.5, 0.6) is 0 Å². The van der Waals surface area contributed by atoms with Crippen molar-refractivity contribution >= 4 is 17.3 Å². The van der Waals surface area contributed by atoms with E-state index in [1.54, 1.807) is 18.4 Å². The fraction of sp³-hybridized carbons (Fsp3) is 0.500. The summed E-state index contributed by atoms with van der Waals surface area (Å²) in [5, 5.41) is 4.09. The number of thiazole rings is 1. The van der Waals surface area contributed by atoms with Crippen LogP contribution in [0.3, 0.4) is 0 Å². The number of aryl methyl sites for hydroxylation is 2. The highest BCUT2D eigenvalue weighted by molar-refractivity contribution is 7.11. The second-order valence-corrected chi connectivity index (χ2v) is 3.99. The van der Waals surface area contributed by atoms with Crippen molar-refractivity contribution in [2.45, 2.75) is 20.4 Å². The van der Waals surface area contributed by atoms with Crippen molar-refractivity contribution in [2.75, 3.05) is 7.05 Å². The first-order valence-electron chi connectivity index (χ1n) is 4.02. The summed E-state index contributed by atoms with van der Waals surface area (Å²) in [5.41, 5.74) is 6.57. The molecule has 0 aliphatic heterocycles. The van der Waals surface area contributed by atoms with Crippen molar-refractivity contribution in [1.29, 1.82) is 0 Å². The van der Waals surface area contributed by atoms with Crippen molar-refractivity contribution in [3.8, 4) is 0 Å². The lowest BCUT2D eigenvalue weighted by Crippen LogP contribution is -2.30. The predicted octanol–water partition coefficient (Wildman–Crippen LogP) is 0.794. The molecule has 0 aliphatic rings. The molecule has 0 bridgehead atoms. The second kappa shape index (κ2) is 4.23. The number of nitrogens with two attached hydrogens (primary N) is 1. The lowest BCUT2D eigenvalue weighted by atomic mass is 10.4. The molecule has 0 fully saturated rings. The number of nitrogens with one attached hydrogen (secondary N) is 1. The van der Waals surface area contributed by atoms with E-state index in [2.05, 4.69) is 15.3 Å². The molecule has 0 radical (unpaired) electrons. The van der Waals surface area contributed by atoms with Gasteiger partial charge in [-0.1, -0.05) is 0 Å². The number of hydrogen-bond donors (Lipinski definition) is 2. The van der Waals surface area contributed by atoms with E-state index < -0.39 is 0 Å². The van der Waals surface area contributed by atoms with Crippen molar-refractivity contribution in [3.05, 3.63) is 15.6 Å². The third-order valence-corrected chi connectivity index (χ3v) is 2.74. The van der Waals surface area contributed by atoms with Gasteiger partial charge >= 0.3 is 0 Å². The Kier molecular flexibility index (Phi) is 3.25. The van der Waals surface area contributed by atoms with Gasteiger partial charge in [0.25, 0.3) is 0 Å². The predicted molar refractivity (Wildman–Crippen MR) is 56.0 cm³/mol. The molecule has 0 aromatic carbocycles. The Morgan fingerprint density at radius 2 is 2.31 bits per heavy atom. The normalized spacial score (nSPS) is 11.8. The zero-order valence-corrected chi connectivity index (χ0v) is 8.90. The summed E-state index contributed by atoms with van der Waals surface area (Å²) >= 11 is 1.68. The lowest BCUT2D eigenvalue weighted by Gasteiger charge is -2.02. The van der Waals surface area contributed by atoms with Crippen LogP contribution in [0.25, 0.3) is 0 Å². The Morgan fingerprint density at radius 3 is 2.77 bits per heavy atom. The number of guanidine groups is 1. The summed E-state index contributed by atoms with van der Waals surface area (Å²) in [7, 11) is 1.66. The van der Waals surface area contributed by atoms with Gasteiger partial charge in [-0.3, -0.25) is 4.99 Å². The molecule has 1 heterocycles. The smallest absolute Gasteiger partial charge is 0.188 e. The molecule has 0 saturated carbocycles. The van der Waals surface area contributed by atoms with Crippen molar-refractivity contribution < 1.29 is 0 Å². The molecule has 1 aromatic rings. The van der Waals surface area contributed by atoms with Crippen molar-refractivity contribution in [3.63, 3.8) is 0 Å². The zero-order valence-electron chi connectivity index (χ0n) is 8.09. The molecular weight excluding hydrogens is 184 g/mol. The Hall–Kier alpha value is -1.10. The van der Waals surface area contributed by atoms with Crippen LogP contribution in [0.1, 0.15) is 15.6 Å². The van der Waals surface area contributed by atoms with E-state index in [4.69, 9.17) is 5.73 Å². The molecular formula is C8H14N4S. The minimum absolute atomic E-state index is 0.463. The highest BCUT2D eigenvalue weighted by Crippen LogP contribution is 2.16. The molecule has 0 saturated heterocycles. The summed E-state index contributed by atoms with van der Waals surface area (Å²) in [5.74, 6) is 0.463. The van der Waals surface area contributed by atoms with Crippen molar-refractivity contribution in [2.24, 2.45) is 10.7 Å². The van der Waals surface area contributed by atoms with Crippen LogP contribution in [0.4, 0.5) is 0 Å². The van der Waals surface area contributed by atoms with Gasteiger partial charge in [-0.25, -0.2) is 4.98 Å². The van der Waals surface area contributed by atoms with Gasteiger partial charge in [0.05, 0.1) is 17.2 Å². The quantitative estimate of drug-likeness (QED) is 0.545. The molecule has 0 atom stereocenters. The van der Waals surface area contributed by atoms with Gasteiger partial charge in [0, 0.05) is 11.9 Å². The second-order valence-electron chi connectivity index (χ2n) is 2.70. The number of hydrogen-bond acceptors (Lipinski definition) is 3. The summed E-state index contributed by atoms with van der Waals surface area (Å²) in [6, 6.07) is 0. The molecule has 5 heteroatoms. The molecule has 4 nitrogen and oxygen atoms in total. The SMILES string of the molecule is CN=C(N)NCc1sc(C)nc1C. The minimum Gasteiger partial charge on any atom is -0.370 e. The summed E-state index contributed by atoms with van der Waals surface area (Å²) in [4.78, 5) is 9.33. The maximum atomic E-state index is 5.50. The van der Waals surface area contributed by atoms with E-state index in [0.29, 0.717) is 12.5 Å². The molecule has 0 spiro atoms. The summed E-state index contributed by atoms with van der Waals surface area (Å²) in [6.45, 7) is 4.71. The first kappa shape index (κ1) is 9.98. The summed E-state index contributed by atoms with van der Waals surface area (Å²) in [6.07, 6.45) is 0. The highest BCUT2D eigenvalue weighted by Gasteiger charge is 2.03. The number of aliphatic imine (C=N–C) groups is 1. The molecule has 13 heavy (non-hydrogen) atoms.